The van der Waals surface area contributed by atoms with E-state index in [-0.39, 0.29) is 5.60 Å². The summed E-state index contributed by atoms with van der Waals surface area (Å²) < 4.78 is 35.8. The predicted molar refractivity (Wildman–Crippen MR) is 77.7 cm³/mol. The molecule has 22 heavy (non-hydrogen) atoms. The van der Waals surface area contributed by atoms with Gasteiger partial charge >= 0.3 is 5.97 Å². The van der Waals surface area contributed by atoms with Crippen molar-refractivity contribution in [3.05, 3.63) is 0 Å². The van der Waals surface area contributed by atoms with E-state index < -0.39 is 24.4 Å². The number of rotatable bonds is 7. The highest BCUT2D eigenvalue weighted by molar-refractivity contribution is 5.77. The van der Waals surface area contributed by atoms with Crippen LogP contribution in [0.1, 0.15) is 58.3 Å². The van der Waals surface area contributed by atoms with Crippen molar-refractivity contribution in [2.24, 2.45) is 17.3 Å². The SMILES string of the molecule is CCCCOC12CC3CC(C1)CC(C(=O)OCC(F)F)(C3)C2. The Morgan fingerprint density at radius 1 is 1.23 bits per heavy atom. The zero-order chi connectivity index (χ0) is 15.8. The van der Waals surface area contributed by atoms with Gasteiger partial charge < -0.3 is 9.47 Å². The van der Waals surface area contributed by atoms with Crippen molar-refractivity contribution < 1.29 is 23.0 Å². The maximum Gasteiger partial charge on any atom is 0.312 e. The van der Waals surface area contributed by atoms with Crippen LogP contribution in [-0.4, -0.2) is 31.2 Å². The van der Waals surface area contributed by atoms with E-state index in [2.05, 4.69) is 6.92 Å². The third kappa shape index (κ3) is 3.01. The summed E-state index contributed by atoms with van der Waals surface area (Å²) in [4.78, 5) is 12.5. The first-order valence-corrected chi connectivity index (χ1v) is 8.56. The maximum absolute atomic E-state index is 12.5. The third-order valence-electron chi connectivity index (χ3n) is 5.69. The summed E-state index contributed by atoms with van der Waals surface area (Å²) in [5.74, 6) is 0.564. The Bertz CT molecular complexity index is 410. The van der Waals surface area contributed by atoms with Crippen LogP contribution in [0, 0.1) is 17.3 Å². The molecule has 0 aliphatic heterocycles. The van der Waals surface area contributed by atoms with Gasteiger partial charge in [0.05, 0.1) is 11.0 Å². The van der Waals surface area contributed by atoms with Crippen molar-refractivity contribution in [2.75, 3.05) is 13.2 Å². The lowest BCUT2D eigenvalue weighted by atomic mass is 9.48. The predicted octanol–water partition coefficient (Wildman–Crippen LogP) is 3.95. The van der Waals surface area contributed by atoms with Crippen molar-refractivity contribution in [1.29, 1.82) is 0 Å². The van der Waals surface area contributed by atoms with Crippen LogP contribution in [-0.2, 0) is 14.3 Å². The van der Waals surface area contributed by atoms with E-state index in [1.54, 1.807) is 0 Å². The smallest absolute Gasteiger partial charge is 0.312 e. The molecule has 4 rings (SSSR count). The summed E-state index contributed by atoms with van der Waals surface area (Å²) in [7, 11) is 0. The van der Waals surface area contributed by atoms with Crippen molar-refractivity contribution in [2.45, 2.75) is 70.3 Å². The highest BCUT2D eigenvalue weighted by Gasteiger charge is 2.61. The summed E-state index contributed by atoms with van der Waals surface area (Å²) in [6.45, 7) is 2.09. The molecular formula is C17H26F2O3. The molecule has 3 nitrogen and oxygen atoms in total. The lowest BCUT2D eigenvalue weighted by molar-refractivity contribution is -0.212. The first-order chi connectivity index (χ1) is 10.5. The second-order valence-electron chi connectivity index (χ2n) is 7.62. The molecule has 4 saturated carbocycles. The van der Waals surface area contributed by atoms with E-state index in [1.807, 2.05) is 0 Å². The number of halogens is 2. The van der Waals surface area contributed by atoms with Gasteiger partial charge in [0.15, 0.2) is 6.61 Å². The molecular weight excluding hydrogens is 290 g/mol. The highest BCUT2D eigenvalue weighted by atomic mass is 19.3. The first kappa shape index (κ1) is 16.2. The molecule has 126 valence electrons. The van der Waals surface area contributed by atoms with E-state index in [0.29, 0.717) is 18.3 Å². The van der Waals surface area contributed by atoms with Gasteiger partial charge in [0, 0.05) is 6.61 Å². The molecule has 4 fully saturated rings. The number of esters is 1. The minimum absolute atomic E-state index is 0.205. The van der Waals surface area contributed by atoms with Crippen molar-refractivity contribution in [3.63, 3.8) is 0 Å². The third-order valence-corrected chi connectivity index (χ3v) is 5.69. The second kappa shape index (κ2) is 6.06. The molecule has 5 heteroatoms. The minimum Gasteiger partial charge on any atom is -0.459 e. The summed E-state index contributed by atoms with van der Waals surface area (Å²) in [6.07, 6.45) is 4.99. The molecule has 0 amide bonds. The molecule has 2 atom stereocenters. The average molecular weight is 316 g/mol. The number of carbonyl (C=O) groups is 1. The molecule has 4 aliphatic carbocycles. The zero-order valence-electron chi connectivity index (χ0n) is 13.3. The monoisotopic (exact) mass is 316 g/mol. The average Bonchev–Trinajstić information content (AvgIpc) is 2.43. The van der Waals surface area contributed by atoms with Crippen molar-refractivity contribution in [3.8, 4) is 0 Å². The van der Waals surface area contributed by atoms with Crippen LogP contribution in [0.15, 0.2) is 0 Å². The molecule has 0 aromatic heterocycles. The van der Waals surface area contributed by atoms with Crippen LogP contribution in [0.2, 0.25) is 0 Å². The number of carbonyl (C=O) groups excluding carboxylic acids is 1. The Balaban J connectivity index is 1.71. The highest BCUT2D eigenvalue weighted by Crippen LogP contribution is 2.63. The van der Waals surface area contributed by atoms with Gasteiger partial charge in [0.1, 0.15) is 0 Å². The molecule has 0 spiro atoms. The van der Waals surface area contributed by atoms with Gasteiger partial charge in [-0.15, -0.1) is 0 Å². The topological polar surface area (TPSA) is 35.5 Å². The Labute approximate surface area is 130 Å². The van der Waals surface area contributed by atoms with Gasteiger partial charge in [0.25, 0.3) is 6.43 Å². The van der Waals surface area contributed by atoms with Gasteiger partial charge in [-0.05, 0) is 56.8 Å². The van der Waals surface area contributed by atoms with Crippen LogP contribution in [0.5, 0.6) is 0 Å². The molecule has 2 unspecified atom stereocenters. The molecule has 0 radical (unpaired) electrons. The van der Waals surface area contributed by atoms with Gasteiger partial charge in [-0.2, -0.15) is 0 Å². The van der Waals surface area contributed by atoms with Crippen molar-refractivity contribution in [1.82, 2.24) is 0 Å². The Hall–Kier alpha value is -0.710. The van der Waals surface area contributed by atoms with Gasteiger partial charge in [-0.1, -0.05) is 13.3 Å². The molecule has 4 aliphatic rings. The molecule has 0 aromatic rings. The van der Waals surface area contributed by atoms with E-state index in [4.69, 9.17) is 9.47 Å². The van der Waals surface area contributed by atoms with Gasteiger partial charge in [-0.3, -0.25) is 4.79 Å². The summed E-state index contributed by atoms with van der Waals surface area (Å²) in [6, 6.07) is 0. The van der Waals surface area contributed by atoms with Crippen LogP contribution in [0.3, 0.4) is 0 Å². The minimum atomic E-state index is -2.59. The zero-order valence-corrected chi connectivity index (χ0v) is 13.3. The molecule has 4 bridgehead atoms. The fourth-order valence-electron chi connectivity index (χ4n) is 5.31. The van der Waals surface area contributed by atoms with Crippen LogP contribution in [0.4, 0.5) is 8.78 Å². The maximum atomic E-state index is 12.5. The quantitative estimate of drug-likeness (QED) is 0.527. The van der Waals surface area contributed by atoms with E-state index in [0.717, 1.165) is 51.6 Å². The summed E-state index contributed by atoms with van der Waals surface area (Å²) in [5.41, 5.74) is -0.770. The largest absolute Gasteiger partial charge is 0.459 e. The second-order valence-corrected chi connectivity index (χ2v) is 7.62. The lowest BCUT2D eigenvalue weighted by Crippen LogP contribution is -2.59. The van der Waals surface area contributed by atoms with Crippen LogP contribution in [0.25, 0.3) is 0 Å². The number of hydrogen-bond acceptors (Lipinski definition) is 3. The molecule has 0 aromatic carbocycles. The Kier molecular flexibility index (Phi) is 4.45. The number of unbranched alkanes of at least 4 members (excludes halogenated alkanes) is 1. The van der Waals surface area contributed by atoms with Gasteiger partial charge in [0.2, 0.25) is 0 Å². The molecule has 0 N–H and O–H groups in total. The Morgan fingerprint density at radius 2 is 1.91 bits per heavy atom. The fraction of sp³-hybridized carbons (Fsp3) is 0.941. The first-order valence-electron chi connectivity index (χ1n) is 8.56. The standard InChI is InChI=1S/C17H26F2O3/c1-2-3-4-22-17-8-12-5-13(9-17)7-16(6-12,11-17)15(20)21-10-14(18)19/h12-14H,2-11H2,1H3. The Morgan fingerprint density at radius 3 is 2.50 bits per heavy atom. The van der Waals surface area contributed by atoms with Crippen LogP contribution >= 0.6 is 0 Å². The molecule has 0 saturated heterocycles. The number of alkyl halides is 2. The molecule has 0 heterocycles. The van der Waals surface area contributed by atoms with Crippen LogP contribution < -0.4 is 0 Å². The summed E-state index contributed by atoms with van der Waals surface area (Å²) >= 11 is 0. The fourth-order valence-corrected chi connectivity index (χ4v) is 5.31. The number of ether oxygens (including phenoxy) is 2. The lowest BCUT2D eigenvalue weighted by Gasteiger charge is -2.60. The van der Waals surface area contributed by atoms with E-state index in [1.165, 1.54) is 0 Å². The van der Waals surface area contributed by atoms with E-state index >= 15 is 0 Å². The van der Waals surface area contributed by atoms with Crippen molar-refractivity contribution >= 4 is 5.97 Å². The van der Waals surface area contributed by atoms with E-state index in [9.17, 15) is 13.6 Å². The van der Waals surface area contributed by atoms with Gasteiger partial charge in [-0.25, -0.2) is 8.78 Å². The number of hydrogen-bond donors (Lipinski definition) is 0. The summed E-state index contributed by atoms with van der Waals surface area (Å²) in [5, 5.41) is 0. The normalized spacial score (nSPS) is 39.5.